The molecule has 0 radical (unpaired) electrons. The summed E-state index contributed by atoms with van der Waals surface area (Å²) in [5.74, 6) is -2.83. The number of hydrogen-bond donors (Lipinski definition) is 2. The average molecular weight is 508 g/mol. The lowest BCUT2D eigenvalue weighted by Gasteiger charge is -2.21. The van der Waals surface area contributed by atoms with Gasteiger partial charge in [-0.25, -0.2) is 4.79 Å². The summed E-state index contributed by atoms with van der Waals surface area (Å²) < 4.78 is 12.6. The summed E-state index contributed by atoms with van der Waals surface area (Å²) in [6.45, 7) is 5.70. The van der Waals surface area contributed by atoms with Crippen LogP contribution in [0, 0.1) is 5.92 Å². The summed E-state index contributed by atoms with van der Waals surface area (Å²) in [4.78, 5) is 49.8. The smallest absolute Gasteiger partial charge is 0.328 e. The zero-order valence-electron chi connectivity index (χ0n) is 21.6. The van der Waals surface area contributed by atoms with Gasteiger partial charge >= 0.3 is 5.97 Å². The Balaban J connectivity index is 2.01. The zero-order valence-corrected chi connectivity index (χ0v) is 21.6. The van der Waals surface area contributed by atoms with E-state index in [4.69, 9.17) is 15.2 Å². The van der Waals surface area contributed by atoms with Crippen molar-refractivity contribution in [1.82, 2.24) is 9.88 Å². The Bertz CT molecular complexity index is 1300. The number of Topliss-reactive ketones (excluding diaryl/α,β-unsaturated/α-hetero) is 1. The second kappa shape index (κ2) is 12.2. The van der Waals surface area contributed by atoms with E-state index in [9.17, 15) is 19.2 Å². The molecule has 2 atom stereocenters. The molecule has 0 aliphatic heterocycles. The first-order chi connectivity index (χ1) is 17.7. The van der Waals surface area contributed by atoms with Gasteiger partial charge in [0, 0.05) is 12.2 Å². The number of hydrogen-bond acceptors (Lipinski definition) is 6. The summed E-state index contributed by atoms with van der Waals surface area (Å²) in [5.41, 5.74) is 7.91. The molecule has 37 heavy (non-hydrogen) atoms. The Morgan fingerprint density at radius 1 is 1.03 bits per heavy atom. The van der Waals surface area contributed by atoms with Crippen LogP contribution in [0.5, 0.6) is 5.75 Å². The van der Waals surface area contributed by atoms with Crippen LogP contribution < -0.4 is 15.8 Å². The van der Waals surface area contributed by atoms with E-state index in [2.05, 4.69) is 5.32 Å². The molecule has 3 N–H and O–H groups in total. The largest absolute Gasteiger partial charge is 0.483 e. The summed E-state index contributed by atoms with van der Waals surface area (Å²) in [5, 5.41) is 3.08. The van der Waals surface area contributed by atoms with Crippen LogP contribution in [-0.4, -0.2) is 47.9 Å². The molecule has 2 aromatic carbocycles. The number of carbonyl (C=O) groups excluding carboxylic acids is 4. The number of ether oxygens (including phenoxy) is 2. The molecule has 1 aromatic heterocycles. The van der Waals surface area contributed by atoms with Crippen molar-refractivity contribution >= 4 is 34.5 Å². The zero-order chi connectivity index (χ0) is 27.1. The average Bonchev–Trinajstić information content (AvgIpc) is 3.23. The van der Waals surface area contributed by atoms with Crippen molar-refractivity contribution in [3.05, 3.63) is 65.4 Å². The maximum Gasteiger partial charge on any atom is 0.328 e. The maximum absolute atomic E-state index is 13.0. The minimum absolute atomic E-state index is 0.140. The highest BCUT2D eigenvalue weighted by molar-refractivity contribution is 6.45. The maximum atomic E-state index is 13.0. The number of aromatic nitrogens is 1. The van der Waals surface area contributed by atoms with Crippen LogP contribution in [0.4, 0.5) is 0 Å². The van der Waals surface area contributed by atoms with Crippen molar-refractivity contribution < 1.29 is 28.7 Å². The number of benzene rings is 2. The van der Waals surface area contributed by atoms with Crippen LogP contribution in [0.15, 0.2) is 48.5 Å². The van der Waals surface area contributed by atoms with E-state index >= 15 is 0 Å². The molecule has 2 amide bonds. The highest BCUT2D eigenvalue weighted by atomic mass is 16.5. The molecule has 9 heteroatoms. The van der Waals surface area contributed by atoms with E-state index in [1.165, 1.54) is 7.11 Å². The Kier molecular flexibility index (Phi) is 9.05. The molecular weight excluding hydrogens is 474 g/mol. The summed E-state index contributed by atoms with van der Waals surface area (Å²) in [7, 11) is 1.27. The SMILES string of the molecule is CCc1c(C(=O)C(N)=O)c2c(OCC(=O)N[C@@H](C(=O)OC)C(C)CC)cccc2n1Cc1ccccc1. The van der Waals surface area contributed by atoms with E-state index < -0.39 is 36.2 Å². The number of rotatable bonds is 12. The first kappa shape index (κ1) is 27.4. The van der Waals surface area contributed by atoms with E-state index in [0.717, 1.165) is 5.56 Å². The third kappa shape index (κ3) is 5.99. The molecule has 9 nitrogen and oxygen atoms in total. The van der Waals surface area contributed by atoms with Crippen LogP contribution in [-0.2, 0) is 32.1 Å². The summed E-state index contributed by atoms with van der Waals surface area (Å²) in [6.07, 6.45) is 1.12. The quantitative estimate of drug-likeness (QED) is 0.220. The number of ketones is 1. The highest BCUT2D eigenvalue weighted by Crippen LogP contribution is 2.35. The first-order valence-corrected chi connectivity index (χ1v) is 12.2. The number of nitrogens with one attached hydrogen (secondary N) is 1. The second-order valence-corrected chi connectivity index (χ2v) is 8.83. The number of nitrogens with two attached hydrogens (primary N) is 1. The molecule has 0 fully saturated rings. The number of carbonyl (C=O) groups is 4. The van der Waals surface area contributed by atoms with Gasteiger partial charge in [-0.2, -0.15) is 0 Å². The van der Waals surface area contributed by atoms with Gasteiger partial charge in [0.2, 0.25) is 0 Å². The fourth-order valence-corrected chi connectivity index (χ4v) is 4.38. The topological polar surface area (TPSA) is 130 Å². The number of amides is 2. The monoisotopic (exact) mass is 507 g/mol. The number of fused-ring (bicyclic) bond motifs is 1. The fraction of sp³-hybridized carbons (Fsp3) is 0.357. The Labute approximate surface area is 215 Å². The van der Waals surface area contributed by atoms with E-state index in [1.54, 1.807) is 12.1 Å². The summed E-state index contributed by atoms with van der Waals surface area (Å²) >= 11 is 0. The molecule has 1 heterocycles. The van der Waals surface area contributed by atoms with Crippen LogP contribution in [0.25, 0.3) is 10.9 Å². The molecule has 0 spiro atoms. The highest BCUT2D eigenvalue weighted by Gasteiger charge is 2.29. The molecule has 0 saturated heterocycles. The van der Waals surface area contributed by atoms with Gasteiger partial charge in [-0.15, -0.1) is 0 Å². The van der Waals surface area contributed by atoms with Gasteiger partial charge in [-0.1, -0.05) is 63.6 Å². The normalized spacial score (nSPS) is 12.5. The first-order valence-electron chi connectivity index (χ1n) is 12.2. The third-order valence-electron chi connectivity index (χ3n) is 6.47. The van der Waals surface area contributed by atoms with Crippen LogP contribution in [0.2, 0.25) is 0 Å². The van der Waals surface area contributed by atoms with Gasteiger partial charge in [-0.3, -0.25) is 14.4 Å². The molecule has 196 valence electrons. The van der Waals surface area contributed by atoms with Gasteiger partial charge in [0.1, 0.15) is 11.8 Å². The fourth-order valence-electron chi connectivity index (χ4n) is 4.38. The van der Waals surface area contributed by atoms with Crippen LogP contribution in [0.3, 0.4) is 0 Å². The molecule has 3 aromatic rings. The van der Waals surface area contributed by atoms with E-state index in [-0.39, 0.29) is 17.2 Å². The van der Waals surface area contributed by atoms with Crippen molar-refractivity contribution in [1.29, 1.82) is 0 Å². The van der Waals surface area contributed by atoms with Gasteiger partial charge in [0.15, 0.2) is 6.61 Å². The van der Waals surface area contributed by atoms with Crippen LogP contribution >= 0.6 is 0 Å². The molecule has 3 rings (SSSR count). The molecule has 0 bridgehead atoms. The standard InChI is InChI=1S/C28H33N3O6/c1-5-17(3)25(28(35)36-4)30-22(32)16-37-21-14-10-13-20-23(21)24(26(33)27(29)34)19(6-2)31(20)15-18-11-8-7-9-12-18/h7-14,17,25H,5-6,15-16H2,1-4H3,(H2,29,34)(H,30,32)/t17?,25-/m1/s1. The minimum Gasteiger partial charge on any atom is -0.483 e. The lowest BCUT2D eigenvalue weighted by molar-refractivity contribution is -0.146. The molecule has 1 unspecified atom stereocenters. The van der Waals surface area contributed by atoms with E-state index in [1.807, 2.05) is 61.7 Å². The number of nitrogens with zero attached hydrogens (tertiary/aromatic N) is 1. The van der Waals surface area contributed by atoms with Gasteiger partial charge in [-0.05, 0) is 30.0 Å². The van der Waals surface area contributed by atoms with Crippen molar-refractivity contribution in [2.45, 2.75) is 46.2 Å². The van der Waals surface area contributed by atoms with Gasteiger partial charge in [0.25, 0.3) is 17.6 Å². The van der Waals surface area contributed by atoms with Crippen molar-refractivity contribution in [2.24, 2.45) is 11.7 Å². The predicted molar refractivity (Wildman–Crippen MR) is 139 cm³/mol. The Morgan fingerprint density at radius 2 is 1.73 bits per heavy atom. The Hall–Kier alpha value is -4.14. The van der Waals surface area contributed by atoms with Crippen molar-refractivity contribution in [2.75, 3.05) is 13.7 Å². The predicted octanol–water partition coefficient (Wildman–Crippen LogP) is 3.00. The third-order valence-corrected chi connectivity index (χ3v) is 6.47. The second-order valence-electron chi connectivity index (χ2n) is 8.83. The molecule has 0 aliphatic carbocycles. The molecule has 0 aliphatic rings. The van der Waals surface area contributed by atoms with Crippen molar-refractivity contribution in [3.63, 3.8) is 0 Å². The lowest BCUT2D eigenvalue weighted by atomic mass is 9.99. The molecular formula is C28H33N3O6. The van der Waals surface area contributed by atoms with Gasteiger partial charge < -0.3 is 25.1 Å². The minimum atomic E-state index is -1.07. The number of esters is 1. The van der Waals surface area contributed by atoms with Crippen LogP contribution in [0.1, 0.15) is 48.8 Å². The van der Waals surface area contributed by atoms with Crippen molar-refractivity contribution in [3.8, 4) is 5.75 Å². The lowest BCUT2D eigenvalue weighted by Crippen LogP contribution is -2.47. The Morgan fingerprint density at radius 3 is 2.32 bits per heavy atom. The summed E-state index contributed by atoms with van der Waals surface area (Å²) in [6, 6.07) is 14.1. The van der Waals surface area contributed by atoms with Gasteiger partial charge in [0.05, 0.1) is 23.6 Å². The number of methoxy groups -OCH3 is 1. The number of primary amides is 1. The molecule has 0 saturated carbocycles. The van der Waals surface area contributed by atoms with E-state index in [0.29, 0.717) is 36.0 Å².